The van der Waals surface area contributed by atoms with Crippen molar-refractivity contribution in [3.8, 4) is 0 Å². The summed E-state index contributed by atoms with van der Waals surface area (Å²) in [5.41, 5.74) is 0.522. The molecule has 2 rings (SSSR count). The van der Waals surface area contributed by atoms with Crippen LogP contribution in [0.1, 0.15) is 11.1 Å². The van der Waals surface area contributed by atoms with Gasteiger partial charge < -0.3 is 15.7 Å². The molecule has 0 unspecified atom stereocenters. The first-order valence-corrected chi connectivity index (χ1v) is 8.47. The van der Waals surface area contributed by atoms with Gasteiger partial charge in [0.05, 0.1) is 11.4 Å². The van der Waals surface area contributed by atoms with Crippen molar-refractivity contribution in [1.29, 1.82) is 0 Å². The number of anilines is 2. The molecule has 0 atom stereocenters. The molecule has 0 bridgehead atoms. The van der Waals surface area contributed by atoms with Gasteiger partial charge in [-0.15, -0.1) is 4.91 Å². The summed E-state index contributed by atoms with van der Waals surface area (Å²) >= 11 is 0. The second kappa shape index (κ2) is 8.53. The van der Waals surface area contributed by atoms with Crippen molar-refractivity contribution in [3.05, 3.63) is 64.3 Å². The Hall–Kier alpha value is -3.15. The zero-order chi connectivity index (χ0) is 23.6. The molecule has 31 heavy (non-hydrogen) atoms. The Kier molecular flexibility index (Phi) is 6.64. The predicted octanol–water partition coefficient (Wildman–Crippen LogP) is 5.31. The third kappa shape index (κ3) is 5.13. The highest BCUT2D eigenvalue weighted by atomic mass is 19.4. The van der Waals surface area contributed by atoms with Crippen LogP contribution in [0.2, 0.25) is 0 Å². The van der Waals surface area contributed by atoms with Crippen LogP contribution in [0.3, 0.4) is 0 Å². The Labute approximate surface area is 171 Å². The monoisotopic (exact) mass is 451 g/mol. The highest BCUT2D eigenvalue weighted by Crippen LogP contribution is 2.44. The van der Waals surface area contributed by atoms with Gasteiger partial charge in [-0.1, -0.05) is 18.2 Å². The largest absolute Gasteiger partial charge is 0.430 e. The molecule has 5 nitrogen and oxygen atoms in total. The van der Waals surface area contributed by atoms with Crippen molar-refractivity contribution in [2.75, 3.05) is 17.7 Å². The van der Waals surface area contributed by atoms with Gasteiger partial charge in [0.1, 0.15) is 11.5 Å². The molecule has 0 amide bonds. The van der Waals surface area contributed by atoms with E-state index in [1.54, 1.807) is 0 Å². The Morgan fingerprint density at radius 1 is 1.06 bits per heavy atom. The second-order valence-corrected chi connectivity index (χ2v) is 6.64. The molecule has 0 aliphatic heterocycles. The zero-order valence-electron chi connectivity index (χ0n) is 15.8. The van der Waals surface area contributed by atoms with Gasteiger partial charge in [0.25, 0.3) is 5.60 Å². The number of rotatable bonds is 6. The number of nitrogens with two attached hydrogens (primary N) is 1. The molecule has 3 N–H and O–H groups in total. The van der Waals surface area contributed by atoms with E-state index >= 15 is 0 Å². The summed E-state index contributed by atoms with van der Waals surface area (Å²) in [6, 6.07) is 7.30. The van der Waals surface area contributed by atoms with Crippen LogP contribution in [0.4, 0.5) is 47.8 Å². The molecular formula is C19H16F7N3O2. The number of hydrogen-bond donors (Lipinski definition) is 2. The fourth-order valence-electron chi connectivity index (χ4n) is 2.65. The van der Waals surface area contributed by atoms with E-state index in [1.807, 2.05) is 0 Å². The number of nitrogens with zero attached hydrogens (tertiary/aromatic N) is 2. The molecule has 0 fully saturated rings. The second-order valence-electron chi connectivity index (χ2n) is 6.64. The molecule has 0 spiro atoms. The van der Waals surface area contributed by atoms with Gasteiger partial charge in [-0.05, 0) is 46.6 Å². The van der Waals surface area contributed by atoms with Crippen molar-refractivity contribution < 1.29 is 35.8 Å². The summed E-state index contributed by atoms with van der Waals surface area (Å²) in [6.07, 6.45) is -12.2. The minimum Gasteiger partial charge on any atom is -0.395 e. The first kappa shape index (κ1) is 24.1. The average Bonchev–Trinajstić information content (AvgIpc) is 2.66. The smallest absolute Gasteiger partial charge is 0.395 e. The first-order chi connectivity index (χ1) is 14.2. The number of hydrogen-bond acceptors (Lipinski definition) is 5. The molecule has 2 aromatic carbocycles. The minimum atomic E-state index is -6.04. The topological polar surface area (TPSA) is 78.9 Å². The van der Waals surface area contributed by atoms with Crippen molar-refractivity contribution in [1.82, 2.24) is 0 Å². The summed E-state index contributed by atoms with van der Waals surface area (Å²) in [6.45, 7) is 0.116. The summed E-state index contributed by atoms with van der Waals surface area (Å²) in [4.78, 5) is 12.5. The number of benzene rings is 2. The number of halogens is 7. The number of nitrogen functional groups attached to an aromatic ring is 1. The predicted molar refractivity (Wildman–Crippen MR) is 101 cm³/mol. The van der Waals surface area contributed by atoms with E-state index in [2.05, 4.69) is 5.18 Å². The summed E-state index contributed by atoms with van der Waals surface area (Å²) in [5, 5.41) is 11.9. The van der Waals surface area contributed by atoms with E-state index in [0.717, 1.165) is 12.1 Å². The van der Waals surface area contributed by atoms with Crippen LogP contribution in [-0.4, -0.2) is 30.1 Å². The van der Waals surface area contributed by atoms with Gasteiger partial charge in [0.2, 0.25) is 0 Å². The number of aliphatic hydroxyl groups is 1. The van der Waals surface area contributed by atoms with Crippen LogP contribution in [0.5, 0.6) is 0 Å². The van der Waals surface area contributed by atoms with Gasteiger partial charge in [0, 0.05) is 13.6 Å². The molecule has 12 heteroatoms. The molecule has 0 aliphatic rings. The number of nitroso groups, excluding NO2 is 1. The third-order valence-electron chi connectivity index (χ3n) is 4.38. The van der Waals surface area contributed by atoms with Crippen LogP contribution in [0.25, 0.3) is 6.08 Å². The lowest BCUT2D eigenvalue weighted by molar-refractivity contribution is -0.347. The normalized spacial score (nSPS) is 12.9. The maximum atomic E-state index is 13.0. The lowest BCUT2D eigenvalue weighted by Gasteiger charge is -2.29. The van der Waals surface area contributed by atoms with E-state index < -0.39 is 35.5 Å². The van der Waals surface area contributed by atoms with Crippen LogP contribution in [0, 0.1) is 10.7 Å². The van der Waals surface area contributed by atoms with Crippen molar-refractivity contribution >= 4 is 23.1 Å². The molecule has 0 saturated heterocycles. The third-order valence-corrected chi connectivity index (χ3v) is 4.38. The van der Waals surface area contributed by atoms with Crippen molar-refractivity contribution in [3.63, 3.8) is 0 Å². The Morgan fingerprint density at radius 2 is 1.61 bits per heavy atom. The minimum absolute atomic E-state index is 0.0728. The summed E-state index contributed by atoms with van der Waals surface area (Å²) < 4.78 is 90.1. The van der Waals surface area contributed by atoms with Crippen LogP contribution >= 0.6 is 0 Å². The fraction of sp³-hybridized carbons (Fsp3) is 0.263. The van der Waals surface area contributed by atoms with Crippen LogP contribution < -0.4 is 10.6 Å². The maximum Gasteiger partial charge on any atom is 0.430 e. The molecule has 168 valence electrons. The van der Waals surface area contributed by atoms with E-state index in [4.69, 9.17) is 5.73 Å². The molecule has 0 radical (unpaired) electrons. The lowest BCUT2D eigenvalue weighted by Crippen LogP contribution is -2.55. The van der Waals surface area contributed by atoms with E-state index in [0.29, 0.717) is 11.6 Å². The summed E-state index contributed by atoms with van der Waals surface area (Å²) in [5.74, 6) is -0.479. The highest BCUT2D eigenvalue weighted by Gasteiger charge is 2.68. The van der Waals surface area contributed by atoms with Gasteiger partial charge in [-0.3, -0.25) is 0 Å². The van der Waals surface area contributed by atoms with Crippen molar-refractivity contribution in [2.24, 2.45) is 5.18 Å². The van der Waals surface area contributed by atoms with Gasteiger partial charge in [-0.2, -0.15) is 26.3 Å². The molecule has 0 saturated carbocycles. The molecule has 2 aromatic rings. The Morgan fingerprint density at radius 3 is 2.10 bits per heavy atom. The molecular weight excluding hydrogens is 435 g/mol. The van der Waals surface area contributed by atoms with Gasteiger partial charge in [-0.25, -0.2) is 4.39 Å². The zero-order valence-corrected chi connectivity index (χ0v) is 15.8. The van der Waals surface area contributed by atoms with Crippen LogP contribution in [-0.2, 0) is 6.54 Å². The standard InChI is InChI=1S/C19H16F7N3O2/c1-29(10-11-2-4-13(20)5-3-11)15-9-12(8-14(28-31)16(15)27)6-7-17(30,18(21,22)23)19(24,25)26/h2-9,30H,10,27H2,1H3/b7-6+. The van der Waals surface area contributed by atoms with E-state index in [1.165, 1.54) is 36.2 Å². The van der Waals surface area contributed by atoms with Crippen molar-refractivity contribution in [2.45, 2.75) is 24.5 Å². The SMILES string of the molecule is CN(Cc1ccc(F)cc1)c1cc(/C=C/C(O)(C(F)(F)F)C(F)(F)F)cc(N=O)c1N. The van der Waals surface area contributed by atoms with E-state index in [9.17, 15) is 40.7 Å². The number of alkyl halides is 6. The highest BCUT2D eigenvalue weighted by molar-refractivity contribution is 5.82. The summed E-state index contributed by atoms with van der Waals surface area (Å²) in [7, 11) is 1.49. The van der Waals surface area contributed by atoms with Gasteiger partial charge in [0.15, 0.2) is 0 Å². The molecule has 0 heterocycles. The molecule has 0 aromatic heterocycles. The Balaban J connectivity index is 2.47. The molecule has 0 aliphatic carbocycles. The first-order valence-electron chi connectivity index (χ1n) is 8.47. The van der Waals surface area contributed by atoms with Gasteiger partial charge >= 0.3 is 12.4 Å². The van der Waals surface area contributed by atoms with Crippen LogP contribution in [0.15, 0.2) is 47.7 Å². The fourth-order valence-corrected chi connectivity index (χ4v) is 2.65. The maximum absolute atomic E-state index is 13.0. The van der Waals surface area contributed by atoms with E-state index in [-0.39, 0.29) is 23.5 Å². The lowest BCUT2D eigenvalue weighted by atomic mass is 10.00. The quantitative estimate of drug-likeness (QED) is 0.355. The Bertz CT molecular complexity index is 956. The average molecular weight is 451 g/mol.